The number of fused-ring (bicyclic) bond motifs is 6. The minimum atomic E-state index is -1.17. The van der Waals surface area contributed by atoms with Gasteiger partial charge in [0.15, 0.2) is 5.60 Å². The molecule has 3 aromatic carbocycles. The lowest BCUT2D eigenvalue weighted by Crippen LogP contribution is -2.32. The highest BCUT2D eigenvalue weighted by molar-refractivity contribution is 6.12. The lowest BCUT2D eigenvalue weighted by molar-refractivity contribution is -0.123. The van der Waals surface area contributed by atoms with Gasteiger partial charge in [-0.3, -0.25) is 14.9 Å². The average Bonchev–Trinajstić information content (AvgIpc) is 3.28. The van der Waals surface area contributed by atoms with E-state index in [0.717, 1.165) is 0 Å². The van der Waals surface area contributed by atoms with Crippen LogP contribution in [0.3, 0.4) is 0 Å². The summed E-state index contributed by atoms with van der Waals surface area (Å²) in [7, 11) is 0. The van der Waals surface area contributed by atoms with E-state index >= 15 is 0 Å². The second-order valence-electron chi connectivity index (χ2n) is 7.27. The molecule has 0 bridgehead atoms. The molecule has 3 aliphatic heterocycles. The smallest absolute Gasteiger partial charge is 0.340 e. The number of phenols is 2. The predicted octanol–water partition coefficient (Wildman–Crippen LogP) is 2.86. The maximum atomic E-state index is 12.5. The number of hydrogen-bond acceptors (Lipinski definition) is 7. The fourth-order valence-electron chi connectivity index (χ4n) is 4.01. The first-order chi connectivity index (χ1) is 15.4. The summed E-state index contributed by atoms with van der Waals surface area (Å²) in [6, 6.07) is 16.6. The second-order valence-corrected chi connectivity index (χ2v) is 7.27. The van der Waals surface area contributed by atoms with Gasteiger partial charge in [0.1, 0.15) is 23.0 Å². The Morgan fingerprint density at radius 2 is 1.28 bits per heavy atom. The summed E-state index contributed by atoms with van der Waals surface area (Å²) in [5.74, 6) is -0.249. The van der Waals surface area contributed by atoms with Crippen molar-refractivity contribution in [3.63, 3.8) is 0 Å². The van der Waals surface area contributed by atoms with E-state index in [1.165, 1.54) is 36.4 Å². The third-order valence-corrected chi connectivity index (χ3v) is 5.31. The van der Waals surface area contributed by atoms with Gasteiger partial charge in [0, 0.05) is 41.0 Å². The molecule has 3 aromatic rings. The summed E-state index contributed by atoms with van der Waals surface area (Å²) in [5.41, 5.74) is 1.28. The first-order valence-corrected chi connectivity index (χ1v) is 9.59. The molecule has 158 valence electrons. The van der Waals surface area contributed by atoms with Crippen LogP contribution in [0.15, 0.2) is 72.8 Å². The molecule has 0 unspecified atom stereocenters. The molecule has 8 nitrogen and oxygen atoms in total. The van der Waals surface area contributed by atoms with Crippen molar-refractivity contribution in [3.05, 3.63) is 95.1 Å². The topological polar surface area (TPSA) is 122 Å². The summed E-state index contributed by atoms with van der Waals surface area (Å²) < 4.78 is 11.8. The SMILES string of the molecule is O=C1C=CC(=O)N1.O=C1OC2(c3ccc(O)cc3Oc3cc(O)ccc32)c2ccccc21. The van der Waals surface area contributed by atoms with Crippen LogP contribution >= 0.6 is 0 Å². The number of imide groups is 1. The molecule has 32 heavy (non-hydrogen) atoms. The number of hydrogen-bond donors (Lipinski definition) is 3. The molecule has 3 N–H and O–H groups in total. The van der Waals surface area contributed by atoms with Gasteiger partial charge >= 0.3 is 5.97 Å². The molecule has 8 heteroatoms. The van der Waals surface area contributed by atoms with E-state index in [9.17, 15) is 24.6 Å². The molecule has 0 saturated carbocycles. The molecule has 0 aliphatic carbocycles. The van der Waals surface area contributed by atoms with Crippen LogP contribution in [0.4, 0.5) is 0 Å². The highest BCUT2D eigenvalue weighted by Gasteiger charge is 2.53. The lowest BCUT2D eigenvalue weighted by Gasteiger charge is -2.36. The van der Waals surface area contributed by atoms with Crippen molar-refractivity contribution in [1.29, 1.82) is 0 Å². The van der Waals surface area contributed by atoms with Gasteiger partial charge in [0.25, 0.3) is 11.8 Å². The number of carbonyl (C=O) groups is 3. The molecule has 1 spiro atoms. The number of esters is 1. The number of carbonyl (C=O) groups excluding carboxylic acids is 3. The van der Waals surface area contributed by atoms with E-state index < -0.39 is 11.6 Å². The van der Waals surface area contributed by atoms with Crippen LogP contribution in [-0.4, -0.2) is 28.0 Å². The summed E-state index contributed by atoms with van der Waals surface area (Å²) >= 11 is 0. The number of aromatic hydroxyl groups is 2. The minimum absolute atomic E-state index is 0.0371. The molecular weight excluding hydrogens is 414 g/mol. The van der Waals surface area contributed by atoms with Gasteiger partial charge in [-0.2, -0.15) is 0 Å². The Kier molecular flexibility index (Phi) is 4.23. The van der Waals surface area contributed by atoms with Crippen LogP contribution in [0.5, 0.6) is 23.0 Å². The number of amides is 2. The van der Waals surface area contributed by atoms with Gasteiger partial charge in [0.2, 0.25) is 0 Å². The van der Waals surface area contributed by atoms with Crippen molar-refractivity contribution in [1.82, 2.24) is 5.32 Å². The molecule has 6 rings (SSSR count). The molecule has 0 aromatic heterocycles. The van der Waals surface area contributed by atoms with Crippen molar-refractivity contribution >= 4 is 17.8 Å². The second kappa shape index (κ2) is 6.98. The zero-order chi connectivity index (χ0) is 22.5. The van der Waals surface area contributed by atoms with Crippen LogP contribution in [0.1, 0.15) is 27.0 Å². The molecule has 3 aliphatic rings. The molecule has 0 fully saturated rings. The van der Waals surface area contributed by atoms with E-state index in [2.05, 4.69) is 0 Å². The third kappa shape index (κ3) is 2.89. The maximum Gasteiger partial charge on any atom is 0.340 e. The summed E-state index contributed by atoms with van der Waals surface area (Å²) in [4.78, 5) is 32.6. The van der Waals surface area contributed by atoms with Crippen molar-refractivity contribution < 1.29 is 34.1 Å². The van der Waals surface area contributed by atoms with Gasteiger partial charge in [-0.05, 0) is 30.3 Å². The Balaban J connectivity index is 0.000000265. The highest BCUT2D eigenvalue weighted by Crippen LogP contribution is 2.56. The molecular formula is C24H15NO7. The number of ether oxygens (including phenoxy) is 2. The van der Waals surface area contributed by atoms with Gasteiger partial charge < -0.3 is 19.7 Å². The highest BCUT2D eigenvalue weighted by atomic mass is 16.6. The van der Waals surface area contributed by atoms with Crippen LogP contribution in [0.2, 0.25) is 0 Å². The Morgan fingerprint density at radius 1 is 0.719 bits per heavy atom. The summed E-state index contributed by atoms with van der Waals surface area (Å²) in [6.45, 7) is 0. The fraction of sp³-hybridized carbons (Fsp3) is 0.0417. The molecule has 0 radical (unpaired) electrons. The van der Waals surface area contributed by atoms with E-state index in [1.54, 1.807) is 24.3 Å². The predicted molar refractivity (Wildman–Crippen MR) is 110 cm³/mol. The molecule has 0 saturated heterocycles. The first kappa shape index (κ1) is 19.4. The summed E-state index contributed by atoms with van der Waals surface area (Å²) in [6.07, 6.45) is 2.39. The molecule has 0 atom stereocenters. The fourth-order valence-corrected chi connectivity index (χ4v) is 4.01. The standard InChI is InChI=1S/C20H12O5.C4H3NO2/c21-11-5-7-15-17(9-11)24-18-10-12(22)6-8-16(18)20(15)14-4-2-1-3-13(14)19(23)25-20;6-3-1-2-4(7)5-3/h1-10,21-22H;1-2H,(H,5,6,7). The maximum absolute atomic E-state index is 12.5. The third-order valence-electron chi connectivity index (χ3n) is 5.31. The number of phenolic OH excluding ortho intramolecular Hbond substituents is 2. The zero-order valence-electron chi connectivity index (χ0n) is 16.4. The average molecular weight is 429 g/mol. The monoisotopic (exact) mass is 429 g/mol. The Hall–Kier alpha value is -4.59. The minimum Gasteiger partial charge on any atom is -0.508 e. The van der Waals surface area contributed by atoms with Gasteiger partial charge in [-0.1, -0.05) is 18.2 Å². The Morgan fingerprint density at radius 3 is 1.81 bits per heavy atom. The van der Waals surface area contributed by atoms with Gasteiger partial charge in [0.05, 0.1) is 5.56 Å². The van der Waals surface area contributed by atoms with E-state index in [4.69, 9.17) is 9.47 Å². The van der Waals surface area contributed by atoms with Crippen molar-refractivity contribution in [2.75, 3.05) is 0 Å². The Bertz CT molecular complexity index is 1270. The lowest BCUT2D eigenvalue weighted by atomic mass is 9.77. The normalized spacial score (nSPS) is 16.2. The molecule has 2 amide bonds. The largest absolute Gasteiger partial charge is 0.508 e. The van der Waals surface area contributed by atoms with Crippen LogP contribution in [0, 0.1) is 0 Å². The summed E-state index contributed by atoms with van der Waals surface area (Å²) in [5, 5.41) is 21.7. The number of benzene rings is 3. The van der Waals surface area contributed by atoms with Crippen molar-refractivity contribution in [2.24, 2.45) is 0 Å². The van der Waals surface area contributed by atoms with Crippen molar-refractivity contribution in [3.8, 4) is 23.0 Å². The van der Waals surface area contributed by atoms with Gasteiger partial charge in [-0.15, -0.1) is 0 Å². The Labute approximate surface area is 181 Å². The van der Waals surface area contributed by atoms with Crippen LogP contribution < -0.4 is 10.1 Å². The molecule has 3 heterocycles. The van der Waals surface area contributed by atoms with Crippen LogP contribution in [-0.2, 0) is 19.9 Å². The van der Waals surface area contributed by atoms with Crippen LogP contribution in [0.25, 0.3) is 0 Å². The van der Waals surface area contributed by atoms with E-state index in [1.807, 2.05) is 17.4 Å². The first-order valence-electron chi connectivity index (χ1n) is 9.59. The van der Waals surface area contributed by atoms with Crippen molar-refractivity contribution in [2.45, 2.75) is 5.60 Å². The van der Waals surface area contributed by atoms with E-state index in [-0.39, 0.29) is 23.3 Å². The number of rotatable bonds is 0. The quantitative estimate of drug-likeness (QED) is 0.371. The zero-order valence-corrected chi connectivity index (χ0v) is 16.4. The van der Waals surface area contributed by atoms with Gasteiger partial charge in [-0.25, -0.2) is 4.79 Å². The number of nitrogens with one attached hydrogen (secondary N) is 1. The van der Waals surface area contributed by atoms with E-state index in [0.29, 0.717) is 33.8 Å².